The Labute approximate surface area is 160 Å². The lowest BCUT2D eigenvalue weighted by atomic mass is 9.99. The summed E-state index contributed by atoms with van der Waals surface area (Å²) in [5, 5.41) is 3.23. The number of hydrogen-bond acceptors (Lipinski definition) is 4. The van der Waals surface area contributed by atoms with E-state index in [0.717, 1.165) is 24.2 Å². The molecule has 5 heteroatoms. The van der Waals surface area contributed by atoms with Crippen molar-refractivity contribution in [1.29, 1.82) is 0 Å². The number of halogens is 1. The Morgan fingerprint density at radius 3 is 2.37 bits per heavy atom. The summed E-state index contributed by atoms with van der Waals surface area (Å²) in [6, 6.07) is 12.9. The van der Waals surface area contributed by atoms with E-state index >= 15 is 0 Å². The van der Waals surface area contributed by atoms with E-state index in [2.05, 4.69) is 18.8 Å². The van der Waals surface area contributed by atoms with Crippen LogP contribution in [0.5, 0.6) is 5.75 Å². The number of anilines is 1. The highest BCUT2D eigenvalue weighted by Gasteiger charge is 2.22. The average molecular weight is 371 g/mol. The minimum Gasteiger partial charge on any atom is -0.494 e. The third-order valence-corrected chi connectivity index (χ3v) is 4.02. The Kier molecular flexibility index (Phi) is 7.86. The molecule has 0 heterocycles. The summed E-state index contributed by atoms with van der Waals surface area (Å²) in [6.45, 7) is 8.70. The van der Waals surface area contributed by atoms with Gasteiger partial charge >= 0.3 is 5.97 Å². The van der Waals surface area contributed by atoms with Gasteiger partial charge in [-0.05, 0) is 55.3 Å². The van der Waals surface area contributed by atoms with Crippen LogP contribution in [-0.4, -0.2) is 19.2 Å². The first-order valence-electron chi connectivity index (χ1n) is 9.16. The molecule has 4 nitrogen and oxygen atoms in total. The Bertz CT molecular complexity index is 741. The molecule has 144 valence electrons. The first-order chi connectivity index (χ1) is 13.0. The van der Waals surface area contributed by atoms with Gasteiger partial charge in [0, 0.05) is 5.69 Å². The topological polar surface area (TPSA) is 47.6 Å². The Morgan fingerprint density at radius 2 is 1.78 bits per heavy atom. The Balaban J connectivity index is 2.21. The molecule has 0 aliphatic carbocycles. The molecule has 0 aliphatic heterocycles. The normalized spacial score (nSPS) is 11.5. The summed E-state index contributed by atoms with van der Waals surface area (Å²) in [5.41, 5.74) is 1.79. The highest BCUT2D eigenvalue weighted by molar-refractivity contribution is 5.90. The summed E-state index contributed by atoms with van der Waals surface area (Å²) >= 11 is 0. The van der Waals surface area contributed by atoms with Gasteiger partial charge in [0.25, 0.3) is 0 Å². The molecule has 27 heavy (non-hydrogen) atoms. The van der Waals surface area contributed by atoms with Crippen molar-refractivity contribution >= 4 is 11.7 Å². The smallest absolute Gasteiger partial charge is 0.335 e. The molecule has 2 aromatic carbocycles. The van der Waals surface area contributed by atoms with Crippen LogP contribution >= 0.6 is 0 Å². The zero-order valence-corrected chi connectivity index (χ0v) is 15.8. The van der Waals surface area contributed by atoms with E-state index in [-0.39, 0.29) is 18.0 Å². The standard InChI is InChI=1S/C22H26FNO3/c1-4-6-15-27-20-13-7-17(8-14-20)21(16(3)22(25)26-5-2)24-19-11-9-18(23)10-12-19/h7-14,21,24H,3-6,15H2,1-2H3/t21-/m0/s1. The van der Waals surface area contributed by atoms with Gasteiger partial charge in [0.1, 0.15) is 11.6 Å². The molecule has 0 saturated heterocycles. The lowest BCUT2D eigenvalue weighted by Crippen LogP contribution is -2.20. The van der Waals surface area contributed by atoms with E-state index in [1.165, 1.54) is 12.1 Å². The van der Waals surface area contributed by atoms with Crippen molar-refractivity contribution in [3.8, 4) is 5.75 Å². The van der Waals surface area contributed by atoms with Gasteiger partial charge in [-0.25, -0.2) is 9.18 Å². The van der Waals surface area contributed by atoms with Crippen molar-refractivity contribution in [2.75, 3.05) is 18.5 Å². The van der Waals surface area contributed by atoms with Crippen LogP contribution < -0.4 is 10.1 Å². The molecular formula is C22H26FNO3. The van der Waals surface area contributed by atoms with E-state index in [1.54, 1.807) is 19.1 Å². The van der Waals surface area contributed by atoms with Gasteiger partial charge in [0.2, 0.25) is 0 Å². The molecule has 2 rings (SSSR count). The molecule has 0 spiro atoms. The van der Waals surface area contributed by atoms with Gasteiger partial charge in [-0.3, -0.25) is 0 Å². The fourth-order valence-corrected chi connectivity index (χ4v) is 2.52. The van der Waals surface area contributed by atoms with Crippen molar-refractivity contribution in [2.24, 2.45) is 0 Å². The lowest BCUT2D eigenvalue weighted by molar-refractivity contribution is -0.138. The SMILES string of the molecule is C=C(C(=O)OCC)[C@H](Nc1ccc(F)cc1)c1ccc(OCCCC)cc1. The number of carbonyl (C=O) groups is 1. The zero-order valence-electron chi connectivity index (χ0n) is 15.8. The van der Waals surface area contributed by atoms with Crippen LogP contribution in [0.3, 0.4) is 0 Å². The quantitative estimate of drug-likeness (QED) is 0.351. The highest BCUT2D eigenvalue weighted by atomic mass is 19.1. The average Bonchev–Trinajstić information content (AvgIpc) is 2.68. The van der Waals surface area contributed by atoms with E-state index < -0.39 is 12.0 Å². The van der Waals surface area contributed by atoms with Crippen LogP contribution in [0.1, 0.15) is 38.3 Å². The molecule has 0 fully saturated rings. The van der Waals surface area contributed by atoms with E-state index in [0.29, 0.717) is 12.3 Å². The molecular weight excluding hydrogens is 345 g/mol. The number of unbranched alkanes of at least 4 members (excludes halogenated alkanes) is 1. The predicted octanol–water partition coefficient (Wildman–Crippen LogP) is 5.28. The third kappa shape index (κ3) is 6.13. The van der Waals surface area contributed by atoms with Crippen LogP contribution in [0.15, 0.2) is 60.7 Å². The predicted molar refractivity (Wildman–Crippen MR) is 105 cm³/mol. The number of esters is 1. The second-order valence-corrected chi connectivity index (χ2v) is 6.10. The van der Waals surface area contributed by atoms with Crippen molar-refractivity contribution in [1.82, 2.24) is 0 Å². The minimum atomic E-state index is -0.501. The van der Waals surface area contributed by atoms with Crippen LogP contribution in [0.4, 0.5) is 10.1 Å². The zero-order chi connectivity index (χ0) is 19.6. The molecule has 0 unspecified atom stereocenters. The summed E-state index contributed by atoms with van der Waals surface area (Å²) in [5.74, 6) is -0.0234. The first-order valence-corrected chi connectivity index (χ1v) is 9.16. The van der Waals surface area contributed by atoms with Gasteiger partial charge in [-0.2, -0.15) is 0 Å². The molecule has 0 bridgehead atoms. The summed E-state index contributed by atoms with van der Waals surface area (Å²) in [7, 11) is 0. The van der Waals surface area contributed by atoms with Gasteiger partial charge in [0.15, 0.2) is 0 Å². The van der Waals surface area contributed by atoms with Crippen molar-refractivity contribution < 1.29 is 18.7 Å². The number of benzene rings is 2. The molecule has 1 N–H and O–H groups in total. The number of rotatable bonds is 10. The molecule has 2 aromatic rings. The van der Waals surface area contributed by atoms with Gasteiger partial charge in [-0.15, -0.1) is 0 Å². The van der Waals surface area contributed by atoms with E-state index in [4.69, 9.17) is 9.47 Å². The minimum absolute atomic E-state index is 0.269. The fraction of sp³-hybridized carbons (Fsp3) is 0.318. The maximum absolute atomic E-state index is 13.2. The summed E-state index contributed by atoms with van der Waals surface area (Å²) < 4.78 is 23.9. The highest BCUT2D eigenvalue weighted by Crippen LogP contribution is 2.28. The second kappa shape index (κ2) is 10.4. The lowest BCUT2D eigenvalue weighted by Gasteiger charge is -2.22. The maximum Gasteiger partial charge on any atom is 0.335 e. The summed E-state index contributed by atoms with van der Waals surface area (Å²) in [6.07, 6.45) is 2.07. The van der Waals surface area contributed by atoms with E-state index in [1.807, 2.05) is 24.3 Å². The summed E-state index contributed by atoms with van der Waals surface area (Å²) in [4.78, 5) is 12.2. The largest absolute Gasteiger partial charge is 0.494 e. The molecule has 0 aromatic heterocycles. The van der Waals surface area contributed by atoms with Gasteiger partial charge < -0.3 is 14.8 Å². The van der Waals surface area contributed by atoms with Crippen molar-refractivity contribution in [3.63, 3.8) is 0 Å². The maximum atomic E-state index is 13.2. The molecule has 1 atom stereocenters. The molecule has 0 saturated carbocycles. The van der Waals surface area contributed by atoms with Gasteiger partial charge in [0.05, 0.1) is 24.8 Å². The van der Waals surface area contributed by atoms with Gasteiger partial charge in [-0.1, -0.05) is 32.1 Å². The molecule has 0 radical (unpaired) electrons. The van der Waals surface area contributed by atoms with Crippen molar-refractivity contribution in [3.05, 3.63) is 72.1 Å². The third-order valence-electron chi connectivity index (χ3n) is 4.02. The van der Waals surface area contributed by atoms with E-state index in [9.17, 15) is 9.18 Å². The second-order valence-electron chi connectivity index (χ2n) is 6.10. The fourth-order valence-electron chi connectivity index (χ4n) is 2.52. The van der Waals surface area contributed by atoms with Crippen LogP contribution in [0.25, 0.3) is 0 Å². The number of carbonyl (C=O) groups excluding carboxylic acids is 1. The van der Waals surface area contributed by atoms with Crippen LogP contribution in [0, 0.1) is 5.82 Å². The Morgan fingerprint density at radius 1 is 1.11 bits per heavy atom. The Hall–Kier alpha value is -2.82. The number of ether oxygens (including phenoxy) is 2. The van der Waals surface area contributed by atoms with Crippen LogP contribution in [-0.2, 0) is 9.53 Å². The van der Waals surface area contributed by atoms with Crippen molar-refractivity contribution in [2.45, 2.75) is 32.7 Å². The first kappa shape index (κ1) is 20.5. The van der Waals surface area contributed by atoms with Crippen LogP contribution in [0.2, 0.25) is 0 Å². The molecule has 0 amide bonds. The number of hydrogen-bond donors (Lipinski definition) is 1. The monoisotopic (exact) mass is 371 g/mol. The number of nitrogens with one attached hydrogen (secondary N) is 1. The molecule has 0 aliphatic rings.